The summed E-state index contributed by atoms with van der Waals surface area (Å²) in [5.74, 6) is -0.780. The average Bonchev–Trinajstić information content (AvgIpc) is 1.98. The van der Waals surface area contributed by atoms with Crippen LogP contribution in [0.15, 0.2) is 0 Å². The first kappa shape index (κ1) is 9.87. The fourth-order valence-corrected chi connectivity index (χ4v) is 0.618. The van der Waals surface area contributed by atoms with Crippen LogP contribution in [-0.4, -0.2) is 24.5 Å². The second-order valence-electron chi connectivity index (χ2n) is 2.27. The maximum atomic E-state index is 10.7. The van der Waals surface area contributed by atoms with Gasteiger partial charge in [-0.1, -0.05) is 6.92 Å². The zero-order valence-electron chi connectivity index (χ0n) is 6.57. The normalized spacial score (nSPS) is 12.2. The number of nitro groups is 1. The largest absolute Gasteiger partial charge is 0.469 e. The summed E-state index contributed by atoms with van der Waals surface area (Å²) in [7, 11) is 1.27. The monoisotopic (exact) mass is 161 g/mol. The lowest BCUT2D eigenvalue weighted by Gasteiger charge is -2.04. The third-order valence-electron chi connectivity index (χ3n) is 1.35. The molecule has 64 valence electrons. The quantitative estimate of drug-likeness (QED) is 0.341. The number of methoxy groups -OCH3 is 1. The fraction of sp³-hybridized carbons (Fsp3) is 0.833. The van der Waals surface area contributed by atoms with Crippen molar-refractivity contribution in [1.29, 1.82) is 0 Å². The third-order valence-corrected chi connectivity index (χ3v) is 1.35. The highest BCUT2D eigenvalue weighted by Gasteiger charge is 2.14. The molecule has 0 aliphatic rings. The summed E-state index contributed by atoms with van der Waals surface area (Å²) in [5.41, 5.74) is 0. The van der Waals surface area contributed by atoms with Crippen molar-refractivity contribution < 1.29 is 14.5 Å². The van der Waals surface area contributed by atoms with E-state index in [0.717, 1.165) is 0 Å². The lowest BCUT2D eigenvalue weighted by Crippen LogP contribution is -2.16. The van der Waals surface area contributed by atoms with Crippen LogP contribution in [0.4, 0.5) is 0 Å². The maximum Gasteiger partial charge on any atom is 0.308 e. The Hall–Kier alpha value is -1.13. The van der Waals surface area contributed by atoms with Gasteiger partial charge in [-0.05, 0) is 0 Å². The Kier molecular flexibility index (Phi) is 4.17. The molecule has 0 saturated carbocycles. The topological polar surface area (TPSA) is 69.4 Å². The van der Waals surface area contributed by atoms with Crippen LogP contribution < -0.4 is 0 Å². The molecule has 0 aromatic rings. The first-order valence-corrected chi connectivity index (χ1v) is 3.27. The summed E-state index contributed by atoms with van der Waals surface area (Å²) in [6.07, 6.45) is 0.236. The highest BCUT2D eigenvalue weighted by atomic mass is 16.6. The summed E-state index contributed by atoms with van der Waals surface area (Å²) in [4.78, 5) is 20.1. The molecule has 0 aromatic carbocycles. The molecular formula is C6H11NO4. The molecule has 1 atom stereocenters. The molecule has 0 N–H and O–H groups in total. The molecule has 0 aliphatic heterocycles. The van der Waals surface area contributed by atoms with Crippen LogP contribution in [0.1, 0.15) is 13.3 Å². The molecule has 0 saturated heterocycles. The summed E-state index contributed by atoms with van der Waals surface area (Å²) in [5, 5.41) is 9.87. The molecule has 5 heteroatoms. The molecule has 0 aliphatic carbocycles. The van der Waals surface area contributed by atoms with Crippen LogP contribution in [0.5, 0.6) is 0 Å². The Morgan fingerprint density at radius 3 is 2.64 bits per heavy atom. The minimum atomic E-state index is -0.445. The number of rotatable bonds is 4. The molecule has 0 rings (SSSR count). The van der Waals surface area contributed by atoms with E-state index in [9.17, 15) is 14.9 Å². The van der Waals surface area contributed by atoms with E-state index in [2.05, 4.69) is 4.74 Å². The third kappa shape index (κ3) is 4.30. The Morgan fingerprint density at radius 1 is 1.73 bits per heavy atom. The van der Waals surface area contributed by atoms with Crippen LogP contribution in [0.25, 0.3) is 0 Å². The number of ether oxygens (including phenoxy) is 1. The number of carbonyl (C=O) groups is 1. The van der Waals surface area contributed by atoms with Crippen LogP contribution in [0, 0.1) is 16.0 Å². The van der Waals surface area contributed by atoms with Gasteiger partial charge in [-0.2, -0.15) is 0 Å². The second kappa shape index (κ2) is 4.65. The predicted molar refractivity (Wildman–Crippen MR) is 37.7 cm³/mol. The molecule has 0 bridgehead atoms. The lowest BCUT2D eigenvalue weighted by molar-refractivity contribution is -0.481. The van der Waals surface area contributed by atoms with Gasteiger partial charge in [0.25, 0.3) is 0 Å². The van der Waals surface area contributed by atoms with Crippen LogP contribution >= 0.6 is 0 Å². The van der Waals surface area contributed by atoms with E-state index in [1.54, 1.807) is 6.92 Å². The van der Waals surface area contributed by atoms with Gasteiger partial charge in [0, 0.05) is 11.3 Å². The van der Waals surface area contributed by atoms with E-state index in [1.165, 1.54) is 7.11 Å². The Labute approximate surface area is 64.5 Å². The van der Waals surface area contributed by atoms with E-state index in [1.807, 2.05) is 0 Å². The van der Waals surface area contributed by atoms with Crippen LogP contribution in [0.3, 0.4) is 0 Å². The molecule has 0 aromatic heterocycles. The van der Waals surface area contributed by atoms with Crippen LogP contribution in [0.2, 0.25) is 0 Å². The maximum absolute atomic E-state index is 10.7. The molecule has 11 heavy (non-hydrogen) atoms. The van der Waals surface area contributed by atoms with Gasteiger partial charge in [0.05, 0.1) is 13.0 Å². The standard InChI is InChI=1S/C6H11NO4/c1-5(6(8)11-2)3-4-7(9)10/h5H,3-4H2,1-2H3. The number of hydrogen-bond acceptors (Lipinski definition) is 4. The van der Waals surface area contributed by atoms with Crippen molar-refractivity contribution in [2.45, 2.75) is 13.3 Å². The summed E-state index contributed by atoms with van der Waals surface area (Å²) < 4.78 is 4.38. The Bertz CT molecular complexity index is 157. The summed E-state index contributed by atoms with van der Waals surface area (Å²) >= 11 is 0. The molecule has 0 amide bonds. The zero-order valence-corrected chi connectivity index (χ0v) is 6.57. The first-order valence-electron chi connectivity index (χ1n) is 3.27. The van der Waals surface area contributed by atoms with Crippen molar-refractivity contribution >= 4 is 5.97 Å². The molecule has 0 radical (unpaired) electrons. The summed E-state index contributed by atoms with van der Waals surface area (Å²) in [6, 6.07) is 0. The highest BCUT2D eigenvalue weighted by Crippen LogP contribution is 2.02. The minimum Gasteiger partial charge on any atom is -0.469 e. The molecular weight excluding hydrogens is 150 g/mol. The lowest BCUT2D eigenvalue weighted by atomic mass is 10.1. The molecule has 0 fully saturated rings. The average molecular weight is 161 g/mol. The van der Waals surface area contributed by atoms with E-state index in [-0.39, 0.29) is 18.9 Å². The predicted octanol–water partition coefficient (Wildman–Crippen LogP) is 0.462. The van der Waals surface area contributed by atoms with Gasteiger partial charge in [0.1, 0.15) is 0 Å². The zero-order chi connectivity index (χ0) is 8.85. The Morgan fingerprint density at radius 2 is 2.27 bits per heavy atom. The molecule has 0 heterocycles. The van der Waals surface area contributed by atoms with Crippen LogP contribution in [-0.2, 0) is 9.53 Å². The minimum absolute atomic E-state index is 0.184. The van der Waals surface area contributed by atoms with Gasteiger partial charge < -0.3 is 4.74 Å². The number of esters is 1. The SMILES string of the molecule is COC(=O)C(C)CC[N+](=O)[O-]. The van der Waals surface area contributed by atoms with Crippen molar-refractivity contribution in [2.24, 2.45) is 5.92 Å². The van der Waals surface area contributed by atoms with Crippen molar-refractivity contribution in [3.05, 3.63) is 10.1 Å². The van der Waals surface area contributed by atoms with Crippen molar-refractivity contribution in [2.75, 3.05) is 13.7 Å². The van der Waals surface area contributed by atoms with Gasteiger partial charge in [-0.25, -0.2) is 0 Å². The van der Waals surface area contributed by atoms with E-state index in [0.29, 0.717) is 0 Å². The van der Waals surface area contributed by atoms with Gasteiger partial charge in [-0.15, -0.1) is 0 Å². The van der Waals surface area contributed by atoms with Crippen molar-refractivity contribution in [1.82, 2.24) is 0 Å². The molecule has 1 unspecified atom stereocenters. The van der Waals surface area contributed by atoms with Crippen molar-refractivity contribution in [3.8, 4) is 0 Å². The summed E-state index contributed by atoms with van der Waals surface area (Å²) in [6.45, 7) is 1.42. The number of carbonyl (C=O) groups excluding carboxylic acids is 1. The van der Waals surface area contributed by atoms with Gasteiger partial charge in [-0.3, -0.25) is 14.9 Å². The second-order valence-corrected chi connectivity index (χ2v) is 2.27. The highest BCUT2D eigenvalue weighted by molar-refractivity contribution is 5.71. The van der Waals surface area contributed by atoms with Crippen molar-refractivity contribution in [3.63, 3.8) is 0 Å². The molecule has 0 spiro atoms. The number of hydrogen-bond donors (Lipinski definition) is 0. The van der Waals surface area contributed by atoms with E-state index < -0.39 is 10.9 Å². The van der Waals surface area contributed by atoms with E-state index >= 15 is 0 Å². The smallest absolute Gasteiger partial charge is 0.308 e. The first-order chi connectivity index (χ1) is 5.07. The Balaban J connectivity index is 3.60. The molecule has 5 nitrogen and oxygen atoms in total. The van der Waals surface area contributed by atoms with E-state index in [4.69, 9.17) is 0 Å². The fourth-order valence-electron chi connectivity index (χ4n) is 0.618. The number of nitrogens with zero attached hydrogens (tertiary/aromatic N) is 1. The van der Waals surface area contributed by atoms with Gasteiger partial charge in [0.15, 0.2) is 0 Å². The van der Waals surface area contributed by atoms with Gasteiger partial charge in [0.2, 0.25) is 6.54 Å². The van der Waals surface area contributed by atoms with Gasteiger partial charge >= 0.3 is 5.97 Å².